The largest absolute Gasteiger partial charge is 0.481 e. The maximum atomic E-state index is 9.96. The molecule has 1 N–H and O–H groups in total. The minimum Gasteiger partial charge on any atom is -0.481 e. The van der Waals surface area contributed by atoms with Gasteiger partial charge in [0, 0.05) is 6.42 Å². The van der Waals surface area contributed by atoms with Gasteiger partial charge < -0.3 is 5.11 Å². The molecule has 0 amide bonds. The van der Waals surface area contributed by atoms with Crippen molar-refractivity contribution in [2.45, 2.75) is 39.0 Å². The van der Waals surface area contributed by atoms with Gasteiger partial charge in [-0.05, 0) is 26.4 Å². The molecule has 0 aromatic rings. The van der Waals surface area contributed by atoms with E-state index in [0.29, 0.717) is 6.42 Å². The van der Waals surface area contributed by atoms with Gasteiger partial charge in [-0.15, -0.1) is 8.86 Å². The Labute approximate surface area is 89.3 Å². The van der Waals surface area contributed by atoms with Crippen molar-refractivity contribution in [1.82, 2.24) is 4.90 Å². The number of carboxylic acid groups (broad SMARTS) is 1. The van der Waals surface area contributed by atoms with E-state index in [4.69, 9.17) is 5.11 Å². The van der Waals surface area contributed by atoms with Crippen LogP contribution in [-0.2, 0) is 4.79 Å². The fraction of sp³-hybridized carbons (Fsp3) is 0.800. The first kappa shape index (κ1) is 16.0. The molecule has 0 rings (SSSR count). The molecule has 0 saturated carbocycles. The van der Waals surface area contributed by atoms with Crippen LogP contribution in [-0.4, -0.2) is 36.0 Å². The van der Waals surface area contributed by atoms with Gasteiger partial charge in [-0.1, -0.05) is 26.2 Å². The van der Waals surface area contributed by atoms with Gasteiger partial charge in [-0.25, -0.2) is 0 Å². The van der Waals surface area contributed by atoms with Crippen molar-refractivity contribution in [3.8, 4) is 0 Å². The molecule has 4 heteroatoms. The summed E-state index contributed by atoms with van der Waals surface area (Å²) in [6, 6.07) is 0. The quantitative estimate of drug-likeness (QED) is 0.551. The number of aliphatic carboxylic acids is 1. The first-order chi connectivity index (χ1) is 6.54. The summed E-state index contributed by atoms with van der Waals surface area (Å²) in [4.78, 5) is 11.9. The number of hydrogen-bond acceptors (Lipinski definition) is 1. The van der Waals surface area contributed by atoms with Crippen molar-refractivity contribution in [2.24, 2.45) is 0 Å². The highest BCUT2D eigenvalue weighted by Gasteiger charge is 1.93. The SMILES string of the molecule is CCCCCCC(=O)O.CN(C)C=P. The van der Waals surface area contributed by atoms with Crippen molar-refractivity contribution in [3.05, 3.63) is 0 Å². The molecule has 14 heavy (non-hydrogen) atoms. The number of rotatable bonds is 6. The minimum absolute atomic E-state index is 0.333. The molecule has 0 aliphatic rings. The summed E-state index contributed by atoms with van der Waals surface area (Å²) < 4.78 is 0. The van der Waals surface area contributed by atoms with Crippen molar-refractivity contribution in [2.75, 3.05) is 14.1 Å². The van der Waals surface area contributed by atoms with E-state index >= 15 is 0 Å². The second-order valence-electron chi connectivity index (χ2n) is 3.30. The molecule has 3 nitrogen and oxygen atoms in total. The predicted octanol–water partition coefficient (Wildman–Crippen LogP) is 2.49. The molecular weight excluding hydrogens is 197 g/mol. The Kier molecular flexibility index (Phi) is 14.4. The topological polar surface area (TPSA) is 40.5 Å². The van der Waals surface area contributed by atoms with E-state index in [1.54, 1.807) is 5.92 Å². The van der Waals surface area contributed by atoms with E-state index in [1.807, 2.05) is 19.0 Å². The van der Waals surface area contributed by atoms with Crippen LogP contribution in [0.1, 0.15) is 39.0 Å². The molecule has 0 aliphatic heterocycles. The van der Waals surface area contributed by atoms with Crippen LogP contribution in [0.2, 0.25) is 0 Å². The second-order valence-corrected chi connectivity index (χ2v) is 3.56. The zero-order valence-electron chi connectivity index (χ0n) is 9.42. The lowest BCUT2D eigenvalue weighted by atomic mass is 10.2. The molecule has 0 aromatic heterocycles. The van der Waals surface area contributed by atoms with Crippen molar-refractivity contribution in [1.29, 1.82) is 0 Å². The van der Waals surface area contributed by atoms with Gasteiger partial charge in [0.25, 0.3) is 0 Å². The van der Waals surface area contributed by atoms with Crippen LogP contribution >= 0.6 is 8.86 Å². The zero-order valence-corrected chi connectivity index (χ0v) is 10.4. The van der Waals surface area contributed by atoms with E-state index in [9.17, 15) is 4.79 Å². The average Bonchev–Trinajstić information content (AvgIpc) is 2.13. The first-order valence-electron chi connectivity index (χ1n) is 4.93. The summed E-state index contributed by atoms with van der Waals surface area (Å²) in [5.41, 5.74) is 0. The first-order valence-corrected chi connectivity index (χ1v) is 5.51. The highest BCUT2D eigenvalue weighted by Crippen LogP contribution is 2.01. The molecule has 0 aliphatic carbocycles. The van der Waals surface area contributed by atoms with Crippen LogP contribution in [0.5, 0.6) is 0 Å². The standard InChI is InChI=1S/C7H14O2.C3H8NP/c1-2-3-4-5-6-7(8)9;1-4(2)3-5/h2-6H2,1H3,(H,8,9);3,5H,1-2H3. The molecule has 0 radical (unpaired) electrons. The van der Waals surface area contributed by atoms with Crippen molar-refractivity contribution >= 4 is 20.8 Å². The Morgan fingerprint density at radius 1 is 1.36 bits per heavy atom. The molecule has 0 heterocycles. The van der Waals surface area contributed by atoms with Crippen LogP contribution in [0.15, 0.2) is 0 Å². The third-order valence-electron chi connectivity index (χ3n) is 1.50. The molecule has 0 fully saturated rings. The Bertz CT molecular complexity index is 149. The van der Waals surface area contributed by atoms with Gasteiger partial charge in [0.05, 0.1) is 0 Å². The van der Waals surface area contributed by atoms with Crippen LogP contribution in [0, 0.1) is 0 Å². The summed E-state index contributed by atoms with van der Waals surface area (Å²) in [5, 5.41) is 8.21. The molecule has 0 saturated heterocycles. The zero-order chi connectivity index (χ0) is 11.4. The minimum atomic E-state index is -0.675. The number of hydrogen-bond donors (Lipinski definition) is 1. The molecule has 0 bridgehead atoms. The van der Waals surface area contributed by atoms with Gasteiger partial charge in [-0.3, -0.25) is 9.69 Å². The number of carbonyl (C=O) groups is 1. The molecule has 0 aromatic carbocycles. The highest BCUT2D eigenvalue weighted by molar-refractivity contribution is 7.17. The monoisotopic (exact) mass is 219 g/mol. The van der Waals surface area contributed by atoms with Gasteiger partial charge >= 0.3 is 5.97 Å². The second kappa shape index (κ2) is 12.6. The summed E-state index contributed by atoms with van der Waals surface area (Å²) in [7, 11) is 7.06. The highest BCUT2D eigenvalue weighted by atomic mass is 31.0. The maximum absolute atomic E-state index is 9.96. The summed E-state index contributed by atoms with van der Waals surface area (Å²) in [5.74, 6) is 1.13. The van der Waals surface area contributed by atoms with Crippen LogP contribution in [0.4, 0.5) is 0 Å². The van der Waals surface area contributed by atoms with E-state index in [1.165, 1.54) is 6.42 Å². The van der Waals surface area contributed by atoms with Gasteiger partial charge in [-0.2, -0.15) is 0 Å². The normalized spacial score (nSPS) is 9.14. The molecule has 84 valence electrons. The lowest BCUT2D eigenvalue weighted by Gasteiger charge is -1.93. The third-order valence-corrected chi connectivity index (χ3v) is 2.02. The van der Waals surface area contributed by atoms with E-state index in [0.717, 1.165) is 19.3 Å². The van der Waals surface area contributed by atoms with Crippen LogP contribution in [0.25, 0.3) is 0 Å². The van der Waals surface area contributed by atoms with Crippen molar-refractivity contribution < 1.29 is 9.90 Å². The number of carboxylic acids is 1. The summed E-state index contributed by atoms with van der Waals surface area (Å²) >= 11 is 0. The number of unbranched alkanes of at least 4 members (excludes halogenated alkanes) is 3. The molecule has 0 atom stereocenters. The van der Waals surface area contributed by atoms with Gasteiger partial charge in [0.1, 0.15) is 0 Å². The molecular formula is C10H22NO2P. The Hall–Kier alpha value is -0.400. The lowest BCUT2D eigenvalue weighted by molar-refractivity contribution is -0.137. The van der Waals surface area contributed by atoms with Crippen LogP contribution < -0.4 is 0 Å². The fourth-order valence-electron chi connectivity index (χ4n) is 0.703. The van der Waals surface area contributed by atoms with Crippen LogP contribution in [0.3, 0.4) is 0 Å². The lowest BCUT2D eigenvalue weighted by Crippen LogP contribution is -2.04. The number of nitrogens with zero attached hydrogens (tertiary/aromatic N) is 1. The van der Waals surface area contributed by atoms with E-state index in [2.05, 4.69) is 15.8 Å². The smallest absolute Gasteiger partial charge is 0.303 e. The molecule has 0 unspecified atom stereocenters. The van der Waals surface area contributed by atoms with Gasteiger partial charge in [0.2, 0.25) is 0 Å². The maximum Gasteiger partial charge on any atom is 0.303 e. The Morgan fingerprint density at radius 3 is 2.14 bits per heavy atom. The predicted molar refractivity (Wildman–Crippen MR) is 64.5 cm³/mol. The fourth-order valence-corrected chi connectivity index (χ4v) is 0.703. The average molecular weight is 219 g/mol. The summed E-state index contributed by atoms with van der Waals surface area (Å²) in [6.07, 6.45) is 4.55. The van der Waals surface area contributed by atoms with Crippen molar-refractivity contribution in [3.63, 3.8) is 0 Å². The Balaban J connectivity index is 0. The van der Waals surface area contributed by atoms with E-state index < -0.39 is 5.97 Å². The third kappa shape index (κ3) is 22.6. The summed E-state index contributed by atoms with van der Waals surface area (Å²) in [6.45, 7) is 2.11. The Morgan fingerprint density at radius 2 is 1.86 bits per heavy atom. The van der Waals surface area contributed by atoms with Gasteiger partial charge in [0.15, 0.2) is 0 Å². The van der Waals surface area contributed by atoms with E-state index in [-0.39, 0.29) is 0 Å². The molecule has 0 spiro atoms.